The van der Waals surface area contributed by atoms with Crippen LogP contribution in [0.2, 0.25) is 0 Å². The summed E-state index contributed by atoms with van der Waals surface area (Å²) >= 11 is 3.43. The second kappa shape index (κ2) is 4.93. The summed E-state index contributed by atoms with van der Waals surface area (Å²) in [6.45, 7) is 0.381. The highest BCUT2D eigenvalue weighted by atomic mass is 79.9. The maximum atomic E-state index is 8.88. The van der Waals surface area contributed by atoms with E-state index in [0.717, 1.165) is 27.3 Å². The molecule has 0 fully saturated rings. The molecule has 1 aromatic carbocycles. The first-order chi connectivity index (χ1) is 7.77. The number of ether oxygens (including phenoxy) is 3. The molecule has 0 saturated carbocycles. The van der Waals surface area contributed by atoms with Gasteiger partial charge in [0.05, 0.1) is 11.6 Å². The summed E-state index contributed by atoms with van der Waals surface area (Å²) in [6, 6.07) is 1.84. The van der Waals surface area contributed by atoms with Crippen molar-refractivity contribution in [2.45, 2.75) is 12.8 Å². The van der Waals surface area contributed by atoms with Crippen LogP contribution in [0.5, 0.6) is 17.2 Å². The molecule has 0 bridgehead atoms. The van der Waals surface area contributed by atoms with Gasteiger partial charge >= 0.3 is 0 Å². The van der Waals surface area contributed by atoms with E-state index in [-0.39, 0.29) is 13.4 Å². The third-order valence-electron chi connectivity index (χ3n) is 2.45. The average Bonchev–Trinajstić information content (AvgIpc) is 2.72. The molecular weight excluding hydrogens is 276 g/mol. The van der Waals surface area contributed by atoms with Gasteiger partial charge in [-0.3, -0.25) is 0 Å². The van der Waals surface area contributed by atoms with E-state index >= 15 is 0 Å². The van der Waals surface area contributed by atoms with Crippen molar-refractivity contribution in [3.05, 3.63) is 16.1 Å². The number of fused-ring (bicyclic) bond motifs is 1. The molecule has 1 aliphatic rings. The van der Waals surface area contributed by atoms with Gasteiger partial charge < -0.3 is 19.3 Å². The normalized spacial score (nSPS) is 12.9. The highest BCUT2D eigenvalue weighted by Crippen LogP contribution is 2.45. The molecule has 0 spiro atoms. The van der Waals surface area contributed by atoms with Gasteiger partial charge in [-0.05, 0) is 28.8 Å². The summed E-state index contributed by atoms with van der Waals surface area (Å²) in [5.74, 6) is 2.20. The number of benzene rings is 1. The summed E-state index contributed by atoms with van der Waals surface area (Å²) < 4.78 is 16.9. The molecule has 5 heteroatoms. The van der Waals surface area contributed by atoms with Gasteiger partial charge in [-0.2, -0.15) is 0 Å². The minimum Gasteiger partial charge on any atom is -0.495 e. The van der Waals surface area contributed by atoms with Crippen molar-refractivity contribution in [3.63, 3.8) is 0 Å². The van der Waals surface area contributed by atoms with Crippen LogP contribution >= 0.6 is 15.9 Å². The number of rotatable bonds is 4. The molecular formula is C11H13BrO4. The van der Waals surface area contributed by atoms with Crippen molar-refractivity contribution in [1.29, 1.82) is 0 Å². The molecule has 1 N–H and O–H groups in total. The quantitative estimate of drug-likeness (QED) is 0.922. The number of halogens is 1. The van der Waals surface area contributed by atoms with Crippen LogP contribution < -0.4 is 14.2 Å². The Morgan fingerprint density at radius 2 is 2.31 bits per heavy atom. The standard InChI is InChI=1S/C11H13BrO4/c1-14-10-7(3-2-4-13)11-9(5-8(10)12)15-6-16-11/h5,13H,2-4,6H2,1H3. The van der Waals surface area contributed by atoms with Crippen molar-refractivity contribution < 1.29 is 19.3 Å². The first-order valence-electron chi connectivity index (χ1n) is 5.03. The maximum Gasteiger partial charge on any atom is 0.231 e. The highest BCUT2D eigenvalue weighted by Gasteiger charge is 2.23. The molecule has 0 saturated heterocycles. The lowest BCUT2D eigenvalue weighted by Gasteiger charge is -2.12. The molecule has 0 amide bonds. The third kappa shape index (κ3) is 1.97. The van der Waals surface area contributed by atoms with E-state index in [9.17, 15) is 0 Å². The van der Waals surface area contributed by atoms with Crippen LogP contribution in [0.3, 0.4) is 0 Å². The predicted molar refractivity (Wildman–Crippen MR) is 62.2 cm³/mol. The van der Waals surface area contributed by atoms with Crippen molar-refractivity contribution >= 4 is 15.9 Å². The number of aliphatic hydroxyl groups is 1. The van der Waals surface area contributed by atoms with E-state index in [1.54, 1.807) is 7.11 Å². The van der Waals surface area contributed by atoms with Gasteiger partial charge in [0.1, 0.15) is 5.75 Å². The van der Waals surface area contributed by atoms with Crippen LogP contribution in [0.25, 0.3) is 0 Å². The molecule has 2 rings (SSSR count). The summed E-state index contributed by atoms with van der Waals surface area (Å²) in [4.78, 5) is 0. The van der Waals surface area contributed by atoms with Gasteiger partial charge in [-0.25, -0.2) is 0 Å². The molecule has 1 aliphatic heterocycles. The monoisotopic (exact) mass is 288 g/mol. The second-order valence-electron chi connectivity index (χ2n) is 3.43. The van der Waals surface area contributed by atoms with Crippen LogP contribution in [-0.2, 0) is 6.42 Å². The number of aliphatic hydroxyl groups excluding tert-OH is 1. The van der Waals surface area contributed by atoms with Crippen LogP contribution in [0.1, 0.15) is 12.0 Å². The predicted octanol–water partition coefficient (Wildman–Crippen LogP) is 2.11. The lowest BCUT2D eigenvalue weighted by Crippen LogP contribution is -1.98. The Morgan fingerprint density at radius 3 is 3.00 bits per heavy atom. The van der Waals surface area contributed by atoms with Crippen LogP contribution in [0.4, 0.5) is 0 Å². The number of hydrogen-bond donors (Lipinski definition) is 1. The lowest BCUT2D eigenvalue weighted by atomic mass is 10.1. The Balaban J connectivity index is 2.44. The minimum atomic E-state index is 0.144. The Hall–Kier alpha value is -0.940. The molecule has 0 aromatic heterocycles. The van der Waals surface area contributed by atoms with E-state index in [2.05, 4.69) is 15.9 Å². The van der Waals surface area contributed by atoms with Crippen LogP contribution in [-0.4, -0.2) is 25.6 Å². The first kappa shape index (κ1) is 11.5. The van der Waals surface area contributed by atoms with E-state index in [4.69, 9.17) is 19.3 Å². The second-order valence-corrected chi connectivity index (χ2v) is 4.29. The fourth-order valence-electron chi connectivity index (χ4n) is 1.76. The van der Waals surface area contributed by atoms with Gasteiger partial charge in [0.25, 0.3) is 0 Å². The van der Waals surface area contributed by atoms with Crippen LogP contribution in [0.15, 0.2) is 10.5 Å². The largest absolute Gasteiger partial charge is 0.495 e. The molecule has 16 heavy (non-hydrogen) atoms. The molecule has 0 unspecified atom stereocenters. The smallest absolute Gasteiger partial charge is 0.231 e. The summed E-state index contributed by atoms with van der Waals surface area (Å²) in [5, 5.41) is 8.88. The Bertz CT molecular complexity index is 388. The zero-order valence-corrected chi connectivity index (χ0v) is 10.5. The average molecular weight is 289 g/mol. The Morgan fingerprint density at radius 1 is 1.50 bits per heavy atom. The van der Waals surface area contributed by atoms with E-state index in [1.807, 2.05) is 6.07 Å². The topological polar surface area (TPSA) is 47.9 Å². The highest BCUT2D eigenvalue weighted by molar-refractivity contribution is 9.10. The summed E-state index contributed by atoms with van der Waals surface area (Å²) in [6.07, 6.45) is 1.37. The van der Waals surface area contributed by atoms with Gasteiger partial charge in [0.2, 0.25) is 6.79 Å². The van der Waals surface area contributed by atoms with Crippen molar-refractivity contribution in [2.24, 2.45) is 0 Å². The van der Waals surface area contributed by atoms with Crippen molar-refractivity contribution in [3.8, 4) is 17.2 Å². The third-order valence-corrected chi connectivity index (χ3v) is 3.04. The van der Waals surface area contributed by atoms with Gasteiger partial charge in [-0.1, -0.05) is 0 Å². The van der Waals surface area contributed by atoms with E-state index in [1.165, 1.54) is 0 Å². The minimum absolute atomic E-state index is 0.144. The Labute approximate surface area is 102 Å². The zero-order valence-electron chi connectivity index (χ0n) is 8.96. The zero-order chi connectivity index (χ0) is 11.5. The van der Waals surface area contributed by atoms with Crippen molar-refractivity contribution in [1.82, 2.24) is 0 Å². The molecule has 88 valence electrons. The fourth-order valence-corrected chi connectivity index (χ4v) is 2.37. The number of methoxy groups -OCH3 is 1. The van der Waals surface area contributed by atoms with Gasteiger partial charge in [0.15, 0.2) is 11.5 Å². The van der Waals surface area contributed by atoms with Gasteiger partial charge in [0, 0.05) is 18.2 Å². The van der Waals surface area contributed by atoms with E-state index < -0.39 is 0 Å². The molecule has 0 aliphatic carbocycles. The molecule has 4 nitrogen and oxygen atoms in total. The molecule has 1 aromatic rings. The summed E-state index contributed by atoms with van der Waals surface area (Å²) in [7, 11) is 1.62. The van der Waals surface area contributed by atoms with Crippen molar-refractivity contribution in [2.75, 3.05) is 20.5 Å². The molecule has 1 heterocycles. The van der Waals surface area contributed by atoms with Crippen LogP contribution in [0, 0.1) is 0 Å². The first-order valence-corrected chi connectivity index (χ1v) is 5.83. The molecule has 0 atom stereocenters. The van der Waals surface area contributed by atoms with E-state index in [0.29, 0.717) is 12.8 Å². The molecule has 0 radical (unpaired) electrons. The SMILES string of the molecule is COc1c(Br)cc2c(c1CCCO)OCO2. The van der Waals surface area contributed by atoms with Gasteiger partial charge in [-0.15, -0.1) is 0 Å². The lowest BCUT2D eigenvalue weighted by molar-refractivity contribution is 0.173. The Kier molecular flexibility index (Phi) is 3.56. The summed E-state index contributed by atoms with van der Waals surface area (Å²) in [5.41, 5.74) is 0.943. The maximum absolute atomic E-state index is 8.88. The number of hydrogen-bond acceptors (Lipinski definition) is 4. The fraction of sp³-hybridized carbons (Fsp3) is 0.455.